The number of esters is 1. The summed E-state index contributed by atoms with van der Waals surface area (Å²) >= 11 is 1.71. The lowest BCUT2D eigenvalue weighted by Gasteiger charge is -2.24. The van der Waals surface area contributed by atoms with Crippen LogP contribution in [-0.2, 0) is 26.7 Å². The summed E-state index contributed by atoms with van der Waals surface area (Å²) in [6, 6.07) is 8.11. The van der Waals surface area contributed by atoms with Crippen LogP contribution in [0, 0.1) is 0 Å². The maximum atomic E-state index is 13.1. The second-order valence-electron chi connectivity index (χ2n) is 8.00. The second kappa shape index (κ2) is 8.49. The average Bonchev–Trinajstić information content (AvgIpc) is 3.12. The Labute approximate surface area is 176 Å². The molecule has 1 aromatic carbocycles. The number of sulfonamides is 1. The van der Waals surface area contributed by atoms with E-state index in [0.29, 0.717) is 19.6 Å². The molecule has 0 amide bonds. The number of thioether (sulfide) groups is 1. The Morgan fingerprint density at radius 2 is 1.79 bits per heavy atom. The van der Waals surface area contributed by atoms with Crippen LogP contribution in [-0.4, -0.2) is 60.2 Å². The smallest absolute Gasteiger partial charge is 0.342 e. The summed E-state index contributed by atoms with van der Waals surface area (Å²) < 4.78 is 33.8. The van der Waals surface area contributed by atoms with Crippen LogP contribution in [0.4, 0.5) is 0 Å². The molecule has 0 N–H and O–H groups in total. The maximum absolute atomic E-state index is 13.1. The highest BCUT2D eigenvalue weighted by Crippen LogP contribution is 2.24. The van der Waals surface area contributed by atoms with Crippen molar-refractivity contribution in [1.29, 1.82) is 0 Å². The average molecular weight is 438 g/mol. The Kier molecular flexibility index (Phi) is 6.40. The van der Waals surface area contributed by atoms with Crippen molar-refractivity contribution in [3.8, 4) is 0 Å². The van der Waals surface area contributed by atoms with E-state index < -0.39 is 16.0 Å². The highest BCUT2D eigenvalue weighted by atomic mass is 32.2. The summed E-state index contributed by atoms with van der Waals surface area (Å²) in [7, 11) is -2.62. The van der Waals surface area contributed by atoms with Crippen LogP contribution in [0.15, 0.2) is 35.5 Å². The van der Waals surface area contributed by atoms with E-state index in [1.807, 2.05) is 12.1 Å². The number of nitrogens with zero attached hydrogens (tertiary/aromatic N) is 3. The van der Waals surface area contributed by atoms with Gasteiger partial charge in [0.1, 0.15) is 5.56 Å². The minimum atomic E-state index is -3.86. The quantitative estimate of drug-likeness (QED) is 0.669. The Hall–Kier alpha value is -1.84. The van der Waals surface area contributed by atoms with Crippen molar-refractivity contribution in [2.24, 2.45) is 0 Å². The third-order valence-electron chi connectivity index (χ3n) is 4.85. The summed E-state index contributed by atoms with van der Waals surface area (Å²) in [6.45, 7) is 7.63. The van der Waals surface area contributed by atoms with Gasteiger partial charge in [-0.3, -0.25) is 4.68 Å². The second-order valence-corrected chi connectivity index (χ2v) is 11.1. The Bertz CT molecular complexity index is 970. The highest BCUT2D eigenvalue weighted by molar-refractivity contribution is 7.99. The fourth-order valence-corrected chi connectivity index (χ4v) is 5.80. The van der Waals surface area contributed by atoms with Crippen molar-refractivity contribution in [3.05, 3.63) is 47.2 Å². The van der Waals surface area contributed by atoms with E-state index in [1.54, 1.807) is 11.8 Å². The first-order chi connectivity index (χ1) is 13.6. The number of rotatable bonds is 5. The van der Waals surface area contributed by atoms with Crippen molar-refractivity contribution in [2.45, 2.75) is 37.8 Å². The number of methoxy groups -OCH3 is 1. The van der Waals surface area contributed by atoms with E-state index in [4.69, 9.17) is 4.74 Å². The van der Waals surface area contributed by atoms with Gasteiger partial charge in [-0.15, -0.1) is 0 Å². The third kappa shape index (κ3) is 4.84. The molecule has 7 nitrogen and oxygen atoms in total. The standard InChI is InChI=1S/C20H27N3O4S2/c1-20(2,3)16-7-5-15(6-8-16)13-22-14-17(19(24)27-4)18(21-22)29(25,26)23-9-11-28-12-10-23/h5-8,14H,9-13H2,1-4H3. The van der Waals surface area contributed by atoms with Crippen molar-refractivity contribution in [3.63, 3.8) is 0 Å². The van der Waals surface area contributed by atoms with Crippen molar-refractivity contribution in [2.75, 3.05) is 31.7 Å². The first kappa shape index (κ1) is 21.9. The highest BCUT2D eigenvalue weighted by Gasteiger charge is 2.34. The molecule has 1 aliphatic heterocycles. The largest absolute Gasteiger partial charge is 0.465 e. The molecule has 2 heterocycles. The lowest BCUT2D eigenvalue weighted by molar-refractivity contribution is 0.0596. The number of hydrogen-bond donors (Lipinski definition) is 0. The molecule has 1 saturated heterocycles. The molecule has 0 atom stereocenters. The van der Waals surface area contributed by atoms with Gasteiger partial charge in [-0.2, -0.15) is 21.2 Å². The van der Waals surface area contributed by atoms with E-state index in [1.165, 1.54) is 27.9 Å². The Balaban J connectivity index is 1.92. The van der Waals surface area contributed by atoms with Crippen molar-refractivity contribution >= 4 is 27.8 Å². The molecule has 1 aliphatic rings. The zero-order chi connectivity index (χ0) is 21.2. The fraction of sp³-hybridized carbons (Fsp3) is 0.500. The summed E-state index contributed by atoms with van der Waals surface area (Å²) in [4.78, 5) is 12.2. The van der Waals surface area contributed by atoms with Crippen LogP contribution in [0.3, 0.4) is 0 Å². The van der Waals surface area contributed by atoms with Crippen LogP contribution in [0.5, 0.6) is 0 Å². The zero-order valence-corrected chi connectivity index (χ0v) is 18.8. The van der Waals surface area contributed by atoms with Gasteiger partial charge in [-0.1, -0.05) is 45.0 Å². The molecule has 0 unspecified atom stereocenters. The molecule has 0 aliphatic carbocycles. The van der Waals surface area contributed by atoms with Crippen LogP contribution >= 0.6 is 11.8 Å². The molecule has 0 saturated carbocycles. The van der Waals surface area contributed by atoms with Gasteiger partial charge in [0.25, 0.3) is 10.0 Å². The molecule has 2 aromatic rings. The van der Waals surface area contributed by atoms with E-state index in [2.05, 4.69) is 38.0 Å². The summed E-state index contributed by atoms with van der Waals surface area (Å²) in [5.41, 5.74) is 2.20. The van der Waals surface area contributed by atoms with Gasteiger partial charge in [0.15, 0.2) is 0 Å². The van der Waals surface area contributed by atoms with Gasteiger partial charge in [-0.25, -0.2) is 13.2 Å². The minimum Gasteiger partial charge on any atom is -0.465 e. The SMILES string of the molecule is COC(=O)c1cn(Cc2ccc(C(C)(C)C)cc2)nc1S(=O)(=O)N1CCSCC1. The molecule has 0 radical (unpaired) electrons. The summed E-state index contributed by atoms with van der Waals surface area (Å²) in [5.74, 6) is 0.755. The minimum absolute atomic E-state index is 0.0305. The lowest BCUT2D eigenvalue weighted by atomic mass is 9.87. The molecule has 0 bridgehead atoms. The van der Waals surface area contributed by atoms with Gasteiger partial charge in [0, 0.05) is 30.8 Å². The first-order valence-electron chi connectivity index (χ1n) is 9.46. The molecule has 1 aromatic heterocycles. The predicted octanol–water partition coefficient (Wildman–Crippen LogP) is 2.75. The van der Waals surface area contributed by atoms with Gasteiger partial charge >= 0.3 is 5.97 Å². The Morgan fingerprint density at radius 1 is 1.17 bits per heavy atom. The Morgan fingerprint density at radius 3 is 2.34 bits per heavy atom. The molecule has 9 heteroatoms. The zero-order valence-electron chi connectivity index (χ0n) is 17.2. The summed E-state index contributed by atoms with van der Waals surface area (Å²) in [6.07, 6.45) is 1.45. The van der Waals surface area contributed by atoms with Crippen molar-refractivity contribution in [1.82, 2.24) is 14.1 Å². The molecular weight excluding hydrogens is 410 g/mol. The monoisotopic (exact) mass is 437 g/mol. The maximum Gasteiger partial charge on any atom is 0.342 e. The predicted molar refractivity (Wildman–Crippen MR) is 114 cm³/mol. The summed E-state index contributed by atoms with van der Waals surface area (Å²) in [5, 5.41) is 4.04. The van der Waals surface area contributed by atoms with E-state index in [-0.39, 0.29) is 16.0 Å². The van der Waals surface area contributed by atoms with Crippen LogP contribution in [0.25, 0.3) is 0 Å². The molecule has 3 rings (SSSR count). The number of benzene rings is 1. The van der Waals surface area contributed by atoms with E-state index >= 15 is 0 Å². The van der Waals surface area contributed by atoms with Gasteiger partial charge < -0.3 is 4.74 Å². The molecule has 1 fully saturated rings. The van der Waals surface area contributed by atoms with Crippen LogP contribution in [0.2, 0.25) is 0 Å². The van der Waals surface area contributed by atoms with Crippen LogP contribution in [0.1, 0.15) is 42.3 Å². The number of carbonyl (C=O) groups is 1. The number of carbonyl (C=O) groups excluding carboxylic acids is 1. The first-order valence-corrected chi connectivity index (χ1v) is 12.1. The lowest BCUT2D eigenvalue weighted by Crippen LogP contribution is -2.38. The van der Waals surface area contributed by atoms with E-state index in [9.17, 15) is 13.2 Å². The number of ether oxygens (including phenoxy) is 1. The topological polar surface area (TPSA) is 81.5 Å². The fourth-order valence-electron chi connectivity index (χ4n) is 3.13. The van der Waals surface area contributed by atoms with Gasteiger partial charge in [-0.05, 0) is 16.5 Å². The normalized spacial score (nSPS) is 16.0. The van der Waals surface area contributed by atoms with Crippen molar-refractivity contribution < 1.29 is 17.9 Å². The number of aromatic nitrogens is 2. The molecule has 158 valence electrons. The molecular formula is C20H27N3O4S2. The van der Waals surface area contributed by atoms with Crippen LogP contribution < -0.4 is 0 Å². The molecule has 29 heavy (non-hydrogen) atoms. The van der Waals surface area contributed by atoms with Gasteiger partial charge in [0.05, 0.1) is 13.7 Å². The molecule has 0 spiro atoms. The van der Waals surface area contributed by atoms with Gasteiger partial charge in [0.2, 0.25) is 5.03 Å². The van der Waals surface area contributed by atoms with E-state index in [0.717, 1.165) is 17.1 Å². The third-order valence-corrected chi connectivity index (χ3v) is 7.63. The number of hydrogen-bond acceptors (Lipinski definition) is 6.